The molecule has 0 fully saturated rings. The van der Waals surface area contributed by atoms with Crippen molar-refractivity contribution in [2.24, 2.45) is 7.05 Å². The summed E-state index contributed by atoms with van der Waals surface area (Å²) in [5, 5.41) is 0. The number of aromatic nitrogens is 2. The van der Waals surface area contributed by atoms with Crippen molar-refractivity contribution in [2.45, 2.75) is 19.8 Å². The molecule has 0 saturated heterocycles. The van der Waals surface area contributed by atoms with E-state index in [-0.39, 0.29) is 11.1 Å². The molecule has 0 amide bonds. The molecule has 0 aliphatic heterocycles. The third kappa shape index (κ3) is 1.46. The zero-order chi connectivity index (χ0) is 11.7. The highest BCUT2D eigenvalue weighted by Crippen LogP contribution is 2.14. The number of allylic oxidation sites excluding steroid dienone is 4. The second kappa shape index (κ2) is 3.96. The van der Waals surface area contributed by atoms with Crippen LogP contribution in [0.5, 0.6) is 0 Å². The summed E-state index contributed by atoms with van der Waals surface area (Å²) in [6, 6.07) is 0. The highest BCUT2D eigenvalue weighted by atomic mass is 16.1. The lowest BCUT2D eigenvalue weighted by molar-refractivity contribution is 0.112. The summed E-state index contributed by atoms with van der Waals surface area (Å²) in [4.78, 5) is 22.8. The van der Waals surface area contributed by atoms with Gasteiger partial charge in [-0.15, -0.1) is 0 Å². The minimum absolute atomic E-state index is 0.238. The molecule has 1 aromatic heterocycles. The highest BCUT2D eigenvalue weighted by molar-refractivity contribution is 5.76. The fourth-order valence-electron chi connectivity index (χ4n) is 1.91. The Morgan fingerprint density at radius 2 is 2.12 bits per heavy atom. The van der Waals surface area contributed by atoms with E-state index in [0.29, 0.717) is 12.0 Å². The standard InChI is InChI=1S/C12H14N2O2/c1-9-11(8-15)12(16)14(13(9)2)10-6-4-3-5-7-10/h4,6-8H,3,5H2,1-2H3. The Hall–Kier alpha value is -1.84. The van der Waals surface area contributed by atoms with Crippen molar-refractivity contribution in [3.8, 4) is 0 Å². The van der Waals surface area contributed by atoms with E-state index in [2.05, 4.69) is 0 Å². The van der Waals surface area contributed by atoms with Crippen LogP contribution in [-0.2, 0) is 7.05 Å². The zero-order valence-electron chi connectivity index (χ0n) is 9.43. The molecule has 0 spiro atoms. The molecule has 84 valence electrons. The van der Waals surface area contributed by atoms with Gasteiger partial charge < -0.3 is 0 Å². The Balaban J connectivity index is 2.66. The van der Waals surface area contributed by atoms with Gasteiger partial charge in [-0.3, -0.25) is 14.3 Å². The Bertz CT molecular complexity index is 544. The minimum Gasteiger partial charge on any atom is -0.298 e. The van der Waals surface area contributed by atoms with Crippen molar-refractivity contribution in [2.75, 3.05) is 0 Å². The predicted molar refractivity (Wildman–Crippen MR) is 62.4 cm³/mol. The number of rotatable bonds is 2. The molecule has 0 radical (unpaired) electrons. The largest absolute Gasteiger partial charge is 0.298 e. The second-order valence-electron chi connectivity index (χ2n) is 3.87. The van der Waals surface area contributed by atoms with Gasteiger partial charge in [-0.25, -0.2) is 4.68 Å². The van der Waals surface area contributed by atoms with Gasteiger partial charge in [0.15, 0.2) is 6.29 Å². The lowest BCUT2D eigenvalue weighted by Gasteiger charge is -2.11. The van der Waals surface area contributed by atoms with E-state index in [1.54, 1.807) is 18.7 Å². The maximum atomic E-state index is 12.0. The third-order valence-electron chi connectivity index (χ3n) is 2.94. The molecule has 0 N–H and O–H groups in total. The predicted octanol–water partition coefficient (Wildman–Crippen LogP) is 1.50. The van der Waals surface area contributed by atoms with Crippen LogP contribution in [0, 0.1) is 6.92 Å². The molecular formula is C12H14N2O2. The lowest BCUT2D eigenvalue weighted by Crippen LogP contribution is -2.21. The molecule has 2 rings (SSSR count). The van der Waals surface area contributed by atoms with Gasteiger partial charge in [-0.1, -0.05) is 12.2 Å². The number of nitrogens with zero attached hydrogens (tertiary/aromatic N) is 2. The monoisotopic (exact) mass is 218 g/mol. The molecular weight excluding hydrogens is 204 g/mol. The van der Waals surface area contributed by atoms with E-state index in [0.717, 1.165) is 18.5 Å². The van der Waals surface area contributed by atoms with Crippen LogP contribution < -0.4 is 5.56 Å². The summed E-state index contributed by atoms with van der Waals surface area (Å²) in [5.41, 5.74) is 1.53. The van der Waals surface area contributed by atoms with Gasteiger partial charge in [0, 0.05) is 12.7 Å². The van der Waals surface area contributed by atoms with Crippen LogP contribution in [0.1, 0.15) is 28.9 Å². The van der Waals surface area contributed by atoms with E-state index in [1.165, 1.54) is 4.68 Å². The topological polar surface area (TPSA) is 44.0 Å². The molecule has 1 heterocycles. The van der Waals surface area contributed by atoms with Crippen LogP contribution in [-0.4, -0.2) is 15.6 Å². The highest BCUT2D eigenvalue weighted by Gasteiger charge is 2.15. The first-order valence-corrected chi connectivity index (χ1v) is 5.27. The van der Waals surface area contributed by atoms with Crippen LogP contribution in [0.25, 0.3) is 5.70 Å². The van der Waals surface area contributed by atoms with Crippen molar-refractivity contribution in [3.63, 3.8) is 0 Å². The molecule has 0 atom stereocenters. The van der Waals surface area contributed by atoms with Crippen LogP contribution in [0.15, 0.2) is 23.0 Å². The summed E-state index contributed by atoms with van der Waals surface area (Å²) in [6.07, 6.45) is 8.52. The van der Waals surface area contributed by atoms with Crippen molar-refractivity contribution < 1.29 is 4.79 Å². The van der Waals surface area contributed by atoms with Crippen molar-refractivity contribution in [1.82, 2.24) is 9.36 Å². The number of carbonyl (C=O) groups excluding carboxylic acids is 1. The van der Waals surface area contributed by atoms with Crippen LogP contribution in [0.3, 0.4) is 0 Å². The Morgan fingerprint density at radius 3 is 2.62 bits per heavy atom. The quantitative estimate of drug-likeness (QED) is 0.706. The van der Waals surface area contributed by atoms with Gasteiger partial charge in [0.05, 0.1) is 5.70 Å². The molecule has 0 saturated carbocycles. The van der Waals surface area contributed by atoms with E-state index in [4.69, 9.17) is 0 Å². The van der Waals surface area contributed by atoms with E-state index in [9.17, 15) is 9.59 Å². The fraction of sp³-hybridized carbons (Fsp3) is 0.333. The molecule has 0 aromatic carbocycles. The zero-order valence-corrected chi connectivity index (χ0v) is 9.43. The number of hydrogen-bond acceptors (Lipinski definition) is 2. The lowest BCUT2D eigenvalue weighted by atomic mass is 10.1. The molecule has 0 unspecified atom stereocenters. The first kappa shape index (κ1) is 10.7. The Kier molecular flexibility index (Phi) is 2.64. The minimum atomic E-state index is -0.243. The van der Waals surface area contributed by atoms with E-state index in [1.807, 2.05) is 18.2 Å². The average Bonchev–Trinajstić information content (AvgIpc) is 2.51. The first-order chi connectivity index (χ1) is 7.66. The van der Waals surface area contributed by atoms with Gasteiger partial charge in [-0.05, 0) is 25.8 Å². The summed E-state index contributed by atoms with van der Waals surface area (Å²) in [6.45, 7) is 1.77. The summed E-state index contributed by atoms with van der Waals surface area (Å²) in [5.74, 6) is 0. The average molecular weight is 218 g/mol. The molecule has 1 aromatic rings. The molecule has 4 heteroatoms. The van der Waals surface area contributed by atoms with Gasteiger partial charge in [0.25, 0.3) is 5.56 Å². The normalized spacial score (nSPS) is 15.0. The smallest absolute Gasteiger partial charge is 0.282 e. The van der Waals surface area contributed by atoms with E-state index < -0.39 is 0 Å². The molecule has 1 aliphatic rings. The number of aldehydes is 1. The third-order valence-corrected chi connectivity index (χ3v) is 2.94. The summed E-state index contributed by atoms with van der Waals surface area (Å²) < 4.78 is 3.25. The van der Waals surface area contributed by atoms with Crippen LogP contribution in [0.2, 0.25) is 0 Å². The summed E-state index contributed by atoms with van der Waals surface area (Å²) >= 11 is 0. The van der Waals surface area contributed by atoms with Gasteiger partial charge >= 0.3 is 0 Å². The maximum absolute atomic E-state index is 12.0. The van der Waals surface area contributed by atoms with Gasteiger partial charge in [-0.2, -0.15) is 0 Å². The van der Waals surface area contributed by atoms with Crippen LogP contribution in [0.4, 0.5) is 0 Å². The van der Waals surface area contributed by atoms with Gasteiger partial charge in [0.2, 0.25) is 0 Å². The molecule has 4 nitrogen and oxygen atoms in total. The SMILES string of the molecule is Cc1c(C=O)c(=O)n(C2=CCCC=C2)n1C. The summed E-state index contributed by atoms with van der Waals surface area (Å²) in [7, 11) is 1.78. The fourth-order valence-corrected chi connectivity index (χ4v) is 1.91. The second-order valence-corrected chi connectivity index (χ2v) is 3.87. The first-order valence-electron chi connectivity index (χ1n) is 5.27. The Morgan fingerprint density at radius 1 is 1.38 bits per heavy atom. The number of carbonyl (C=O) groups is 1. The van der Waals surface area contributed by atoms with Crippen LogP contribution >= 0.6 is 0 Å². The van der Waals surface area contributed by atoms with E-state index >= 15 is 0 Å². The molecule has 0 bridgehead atoms. The van der Waals surface area contributed by atoms with Crippen molar-refractivity contribution >= 4 is 12.0 Å². The van der Waals surface area contributed by atoms with Crippen molar-refractivity contribution in [1.29, 1.82) is 0 Å². The maximum Gasteiger partial charge on any atom is 0.282 e. The molecule has 16 heavy (non-hydrogen) atoms. The van der Waals surface area contributed by atoms with Gasteiger partial charge in [0.1, 0.15) is 5.56 Å². The van der Waals surface area contributed by atoms with Crippen molar-refractivity contribution in [3.05, 3.63) is 39.8 Å². The Labute approximate surface area is 93.5 Å². The number of hydrogen-bond donors (Lipinski definition) is 0. The molecule has 1 aliphatic carbocycles.